The predicted octanol–water partition coefficient (Wildman–Crippen LogP) is 7.61. The molecule has 41 heavy (non-hydrogen) atoms. The maximum absolute atomic E-state index is 2.48. The van der Waals surface area contributed by atoms with E-state index in [2.05, 4.69) is 115 Å². The van der Waals surface area contributed by atoms with Crippen LogP contribution < -0.4 is 16.4 Å². The Labute approximate surface area is 239 Å². The lowest BCUT2D eigenvalue weighted by atomic mass is 9.31. The molecule has 186 valence electrons. The van der Waals surface area contributed by atoms with E-state index in [4.69, 9.17) is 0 Å². The predicted molar refractivity (Wildman–Crippen MR) is 173 cm³/mol. The first-order valence-corrected chi connectivity index (χ1v) is 14.8. The second-order valence-corrected chi connectivity index (χ2v) is 12.3. The molecule has 0 unspecified atom stereocenters. The number of hydrogen-bond acceptors (Lipinski definition) is 0. The normalized spacial score (nSPS) is 14.1. The fourth-order valence-electron chi connectivity index (χ4n) is 9.04. The molecule has 0 amide bonds. The summed E-state index contributed by atoms with van der Waals surface area (Å²) in [4.78, 5) is 0. The second kappa shape index (κ2) is 7.06. The Morgan fingerprint density at radius 3 is 1.39 bits per heavy atom. The van der Waals surface area contributed by atoms with Crippen molar-refractivity contribution < 1.29 is 0 Å². The largest absolute Gasteiger partial charge is 0.244 e. The number of fused-ring (bicyclic) bond motifs is 12. The average molecular weight is 514 g/mol. The molecule has 4 aliphatic rings. The highest BCUT2D eigenvalue weighted by molar-refractivity contribution is 7.01. The monoisotopic (exact) mass is 514 g/mol. The van der Waals surface area contributed by atoms with Gasteiger partial charge >= 0.3 is 0 Å². The quantitative estimate of drug-likeness (QED) is 0.183. The molecule has 7 aromatic rings. The number of hydrogen-bond donors (Lipinski definition) is 0. The van der Waals surface area contributed by atoms with E-state index < -0.39 is 0 Å². The highest BCUT2D eigenvalue weighted by Crippen LogP contribution is 2.51. The van der Waals surface area contributed by atoms with Crippen LogP contribution in [-0.4, -0.2) is 6.71 Å². The van der Waals surface area contributed by atoms with Crippen LogP contribution in [0, 0.1) is 0 Å². The van der Waals surface area contributed by atoms with Crippen molar-refractivity contribution in [3.63, 3.8) is 0 Å². The van der Waals surface area contributed by atoms with Crippen molar-refractivity contribution in [3.8, 4) is 44.5 Å². The van der Waals surface area contributed by atoms with E-state index in [-0.39, 0.29) is 6.71 Å². The summed E-state index contributed by atoms with van der Waals surface area (Å²) in [5.41, 5.74) is 21.8. The highest BCUT2D eigenvalue weighted by Gasteiger charge is 2.41. The van der Waals surface area contributed by atoms with Gasteiger partial charge in [-0.05, 0) is 101 Å². The molecule has 0 spiro atoms. The average Bonchev–Trinajstić information content (AvgIpc) is 3.57. The molecule has 11 rings (SSSR count). The summed E-state index contributed by atoms with van der Waals surface area (Å²) in [6.45, 7) is 0.234. The molecule has 0 bridgehead atoms. The van der Waals surface area contributed by atoms with Gasteiger partial charge in [0.15, 0.2) is 0 Å². The Balaban J connectivity index is 1.35. The molecular formula is C40H23B. The molecule has 0 saturated carbocycles. The lowest BCUT2D eigenvalue weighted by Crippen LogP contribution is -2.57. The fraction of sp³-hybridized carbons (Fsp3) is 0.0500. The Morgan fingerprint density at radius 1 is 0.390 bits per heavy atom. The maximum Gasteiger partial charge on any atom is 0.244 e. The van der Waals surface area contributed by atoms with Crippen molar-refractivity contribution in [1.29, 1.82) is 0 Å². The third kappa shape index (κ3) is 2.38. The van der Waals surface area contributed by atoms with Gasteiger partial charge in [0.1, 0.15) is 0 Å². The molecule has 0 radical (unpaired) electrons. The lowest BCUT2D eigenvalue weighted by molar-refractivity contribution is 1.27. The first-order chi connectivity index (χ1) is 20.3. The second-order valence-electron chi connectivity index (χ2n) is 12.3. The zero-order valence-electron chi connectivity index (χ0n) is 22.5. The Kier molecular flexibility index (Phi) is 3.61. The van der Waals surface area contributed by atoms with E-state index in [0.29, 0.717) is 0 Å². The Morgan fingerprint density at radius 2 is 0.854 bits per heavy atom. The molecule has 0 atom stereocenters. The molecule has 0 N–H and O–H groups in total. The van der Waals surface area contributed by atoms with Crippen LogP contribution in [0.5, 0.6) is 0 Å². The zero-order valence-corrected chi connectivity index (χ0v) is 22.5. The van der Waals surface area contributed by atoms with Crippen molar-refractivity contribution in [2.24, 2.45) is 0 Å². The Hall–Kier alpha value is -4.88. The zero-order chi connectivity index (χ0) is 26.4. The van der Waals surface area contributed by atoms with Crippen LogP contribution in [0.4, 0.5) is 0 Å². The number of benzene rings is 7. The van der Waals surface area contributed by atoms with Crippen LogP contribution in [-0.2, 0) is 12.8 Å². The number of rotatable bonds is 0. The van der Waals surface area contributed by atoms with Crippen molar-refractivity contribution >= 4 is 44.6 Å². The van der Waals surface area contributed by atoms with E-state index >= 15 is 0 Å². The molecule has 1 heteroatoms. The molecule has 0 nitrogen and oxygen atoms in total. The van der Waals surface area contributed by atoms with Crippen LogP contribution in [0.15, 0.2) is 115 Å². The lowest BCUT2D eigenvalue weighted by Gasteiger charge is -2.35. The van der Waals surface area contributed by atoms with Gasteiger partial charge in [0.2, 0.25) is 6.71 Å². The molecule has 2 aliphatic heterocycles. The van der Waals surface area contributed by atoms with Gasteiger partial charge in [-0.3, -0.25) is 0 Å². The maximum atomic E-state index is 2.48. The van der Waals surface area contributed by atoms with E-state index in [1.807, 2.05) is 0 Å². The van der Waals surface area contributed by atoms with Crippen LogP contribution >= 0.6 is 0 Å². The molecule has 2 heterocycles. The summed E-state index contributed by atoms with van der Waals surface area (Å²) in [5, 5.41) is 5.65. The molecule has 7 aromatic carbocycles. The van der Waals surface area contributed by atoms with E-state index in [1.54, 1.807) is 0 Å². The molecule has 0 aromatic heterocycles. The third-order valence-corrected chi connectivity index (χ3v) is 10.5. The summed E-state index contributed by atoms with van der Waals surface area (Å²) in [6.07, 6.45) is 2.03. The van der Waals surface area contributed by atoms with Gasteiger partial charge in [-0.15, -0.1) is 0 Å². The minimum absolute atomic E-state index is 0.234. The van der Waals surface area contributed by atoms with Gasteiger partial charge in [-0.25, -0.2) is 0 Å². The smallest absolute Gasteiger partial charge is 0.0663 e. The first kappa shape index (κ1) is 20.9. The summed E-state index contributed by atoms with van der Waals surface area (Å²) in [6, 6.07) is 44.3. The summed E-state index contributed by atoms with van der Waals surface area (Å²) < 4.78 is 0. The van der Waals surface area contributed by atoms with Gasteiger partial charge in [0, 0.05) is 0 Å². The standard InChI is InChI=1S/C40H23B/c1-3-12-28-22(8-1)18-26-20-24-10-5-16-32-36(24)38(34(26)28)30-14-7-15-31-39-35-27(19-23-9-2-4-13-29(23)35)21-25-11-6-17-33(37(25)39)41(32)40(30)31/h1-17,20-21H,18-19H2. The molecular weight excluding hydrogens is 491 g/mol. The van der Waals surface area contributed by atoms with Crippen molar-refractivity contribution in [3.05, 3.63) is 138 Å². The minimum atomic E-state index is 0.234. The van der Waals surface area contributed by atoms with Gasteiger partial charge in [-0.1, -0.05) is 132 Å². The van der Waals surface area contributed by atoms with Crippen molar-refractivity contribution in [2.75, 3.05) is 0 Å². The fourth-order valence-corrected chi connectivity index (χ4v) is 9.04. The summed E-state index contributed by atoms with van der Waals surface area (Å²) >= 11 is 0. The van der Waals surface area contributed by atoms with Gasteiger partial charge in [-0.2, -0.15) is 0 Å². The van der Waals surface area contributed by atoms with Crippen LogP contribution in [0.1, 0.15) is 22.3 Å². The topological polar surface area (TPSA) is 0 Å². The third-order valence-electron chi connectivity index (χ3n) is 10.5. The van der Waals surface area contributed by atoms with E-state index in [1.165, 1.54) is 105 Å². The van der Waals surface area contributed by atoms with E-state index in [0.717, 1.165) is 12.8 Å². The minimum Gasteiger partial charge on any atom is -0.0663 e. The SMILES string of the molecule is c1ccc2c(c1)Cc1cc3cccc4c3c(c1-2)-c1cccc2c1B4c1cccc3cc4c(c-2c13)-c1ccccc1C4. The van der Waals surface area contributed by atoms with Gasteiger partial charge in [0.05, 0.1) is 0 Å². The van der Waals surface area contributed by atoms with Crippen LogP contribution in [0.25, 0.3) is 66.1 Å². The molecule has 0 fully saturated rings. The van der Waals surface area contributed by atoms with Crippen LogP contribution in [0.3, 0.4) is 0 Å². The summed E-state index contributed by atoms with van der Waals surface area (Å²) in [5.74, 6) is 0. The Bertz CT molecular complexity index is 2210. The van der Waals surface area contributed by atoms with E-state index in [9.17, 15) is 0 Å². The summed E-state index contributed by atoms with van der Waals surface area (Å²) in [7, 11) is 0. The molecule has 2 aliphatic carbocycles. The van der Waals surface area contributed by atoms with Crippen molar-refractivity contribution in [2.45, 2.75) is 12.8 Å². The molecule has 0 saturated heterocycles. The van der Waals surface area contributed by atoms with Crippen molar-refractivity contribution in [1.82, 2.24) is 0 Å². The van der Waals surface area contributed by atoms with Crippen LogP contribution in [0.2, 0.25) is 0 Å². The highest BCUT2D eigenvalue weighted by atomic mass is 14.3. The van der Waals surface area contributed by atoms with Gasteiger partial charge in [0.25, 0.3) is 0 Å². The first-order valence-electron chi connectivity index (χ1n) is 14.8. The van der Waals surface area contributed by atoms with Gasteiger partial charge < -0.3 is 0 Å².